The van der Waals surface area contributed by atoms with Crippen LogP contribution < -0.4 is 10.6 Å². The summed E-state index contributed by atoms with van der Waals surface area (Å²) in [6.07, 6.45) is 7.89. The Hall–Kier alpha value is -1.67. The van der Waals surface area contributed by atoms with Gasteiger partial charge in [0.25, 0.3) is 0 Å². The van der Waals surface area contributed by atoms with Gasteiger partial charge in [-0.05, 0) is 51.6 Å². The average molecular weight is 420 g/mol. The van der Waals surface area contributed by atoms with Gasteiger partial charge in [-0.2, -0.15) is 0 Å². The zero-order valence-electron chi connectivity index (χ0n) is 19.4. The highest BCUT2D eigenvalue weighted by Gasteiger charge is 2.23. The van der Waals surface area contributed by atoms with E-state index in [1.165, 1.54) is 38.8 Å². The quantitative estimate of drug-likeness (QED) is 0.497. The molecule has 0 aromatic carbocycles. The van der Waals surface area contributed by atoms with Gasteiger partial charge >= 0.3 is 0 Å². The van der Waals surface area contributed by atoms with Crippen molar-refractivity contribution in [2.75, 3.05) is 32.8 Å². The van der Waals surface area contributed by atoms with E-state index in [0.29, 0.717) is 18.5 Å². The van der Waals surface area contributed by atoms with Crippen molar-refractivity contribution in [1.82, 2.24) is 30.3 Å². The molecule has 8 nitrogen and oxygen atoms in total. The first kappa shape index (κ1) is 23.0. The number of rotatable bonds is 8. The SMILES string of the molecule is Cc1nnc(CN=C(NCC2CCCO2)NCC(C(C)C)N2CCCCCC2)n1C. The molecule has 0 radical (unpaired) electrons. The fourth-order valence-corrected chi connectivity index (χ4v) is 4.34. The highest BCUT2D eigenvalue weighted by molar-refractivity contribution is 5.79. The molecule has 8 heteroatoms. The molecule has 1 aromatic rings. The van der Waals surface area contributed by atoms with Crippen molar-refractivity contribution >= 4 is 5.96 Å². The fourth-order valence-electron chi connectivity index (χ4n) is 4.34. The Morgan fingerprint density at radius 2 is 1.90 bits per heavy atom. The Morgan fingerprint density at radius 3 is 2.50 bits per heavy atom. The van der Waals surface area contributed by atoms with E-state index in [9.17, 15) is 0 Å². The molecule has 30 heavy (non-hydrogen) atoms. The largest absolute Gasteiger partial charge is 0.376 e. The van der Waals surface area contributed by atoms with E-state index in [2.05, 4.69) is 39.6 Å². The highest BCUT2D eigenvalue weighted by atomic mass is 16.5. The number of aromatic nitrogens is 3. The summed E-state index contributed by atoms with van der Waals surface area (Å²) in [4.78, 5) is 7.50. The summed E-state index contributed by atoms with van der Waals surface area (Å²) < 4.78 is 7.78. The van der Waals surface area contributed by atoms with Crippen LogP contribution in [0.3, 0.4) is 0 Å². The van der Waals surface area contributed by atoms with Gasteiger partial charge in [-0.15, -0.1) is 10.2 Å². The predicted octanol–water partition coefficient (Wildman–Crippen LogP) is 2.24. The number of nitrogens with zero attached hydrogens (tertiary/aromatic N) is 5. The van der Waals surface area contributed by atoms with Gasteiger partial charge in [0.15, 0.2) is 11.8 Å². The second kappa shape index (κ2) is 11.6. The second-order valence-electron chi connectivity index (χ2n) is 9.05. The molecule has 0 amide bonds. The number of likely N-dealkylation sites (tertiary alicyclic amines) is 1. The van der Waals surface area contributed by atoms with Crippen LogP contribution in [0.2, 0.25) is 0 Å². The minimum atomic E-state index is 0.278. The molecule has 0 spiro atoms. The lowest BCUT2D eigenvalue weighted by Gasteiger charge is -2.34. The van der Waals surface area contributed by atoms with E-state index < -0.39 is 0 Å². The van der Waals surface area contributed by atoms with Crippen molar-refractivity contribution in [1.29, 1.82) is 0 Å². The van der Waals surface area contributed by atoms with Gasteiger partial charge in [-0.3, -0.25) is 4.90 Å². The molecule has 2 unspecified atom stereocenters. The smallest absolute Gasteiger partial charge is 0.191 e. The summed E-state index contributed by atoms with van der Waals surface area (Å²) in [5, 5.41) is 15.5. The standard InChI is InChI=1S/C22H41N7O/c1-17(2)20(29-11-7-5-6-8-12-29)15-24-22(23-14-19-10-9-13-30-19)25-16-21-27-26-18(3)28(21)4/h17,19-20H,5-16H2,1-4H3,(H2,23,24,25). The van der Waals surface area contributed by atoms with Gasteiger partial charge in [0.1, 0.15) is 12.4 Å². The summed E-state index contributed by atoms with van der Waals surface area (Å²) in [5.41, 5.74) is 0. The molecule has 0 aliphatic carbocycles. The second-order valence-corrected chi connectivity index (χ2v) is 9.05. The van der Waals surface area contributed by atoms with Gasteiger partial charge in [-0.1, -0.05) is 26.7 Å². The van der Waals surface area contributed by atoms with Crippen LogP contribution in [0.1, 0.15) is 64.0 Å². The molecule has 2 N–H and O–H groups in total. The van der Waals surface area contributed by atoms with Crippen LogP contribution in [-0.4, -0.2) is 70.6 Å². The predicted molar refractivity (Wildman–Crippen MR) is 121 cm³/mol. The van der Waals surface area contributed by atoms with Crippen molar-refractivity contribution in [2.24, 2.45) is 18.0 Å². The first-order valence-electron chi connectivity index (χ1n) is 11.8. The summed E-state index contributed by atoms with van der Waals surface area (Å²) in [5.74, 6) is 3.21. The maximum atomic E-state index is 5.78. The Kier molecular flexibility index (Phi) is 8.93. The zero-order valence-corrected chi connectivity index (χ0v) is 19.4. The third kappa shape index (κ3) is 6.67. The number of hydrogen-bond acceptors (Lipinski definition) is 5. The third-order valence-electron chi connectivity index (χ3n) is 6.44. The molecule has 2 fully saturated rings. The summed E-state index contributed by atoms with van der Waals surface area (Å²) in [6.45, 7) is 12.1. The highest BCUT2D eigenvalue weighted by Crippen LogP contribution is 2.17. The van der Waals surface area contributed by atoms with Gasteiger partial charge < -0.3 is 19.9 Å². The number of nitrogens with one attached hydrogen (secondary N) is 2. The summed E-state index contributed by atoms with van der Waals surface area (Å²) >= 11 is 0. The molecule has 2 aliphatic heterocycles. The molecule has 3 rings (SSSR count). The number of guanidine groups is 1. The normalized spacial score (nSPS) is 22.3. The lowest BCUT2D eigenvalue weighted by Crippen LogP contribution is -2.50. The van der Waals surface area contributed by atoms with Gasteiger partial charge in [0, 0.05) is 32.8 Å². The van der Waals surface area contributed by atoms with E-state index in [1.807, 2.05) is 18.5 Å². The van der Waals surface area contributed by atoms with Crippen LogP contribution >= 0.6 is 0 Å². The molecule has 0 bridgehead atoms. The Balaban J connectivity index is 1.63. The molecule has 2 atom stereocenters. The van der Waals surface area contributed by atoms with Crippen LogP contribution in [0.15, 0.2) is 4.99 Å². The molecular weight excluding hydrogens is 378 g/mol. The van der Waals surface area contributed by atoms with Crippen molar-refractivity contribution in [3.63, 3.8) is 0 Å². The number of aliphatic imine (C=N–C) groups is 1. The van der Waals surface area contributed by atoms with Crippen LogP contribution in [-0.2, 0) is 18.3 Å². The fraction of sp³-hybridized carbons (Fsp3) is 0.864. The maximum Gasteiger partial charge on any atom is 0.191 e. The van der Waals surface area contributed by atoms with E-state index >= 15 is 0 Å². The van der Waals surface area contributed by atoms with Crippen LogP contribution in [0.4, 0.5) is 0 Å². The molecule has 2 aliphatic rings. The molecule has 2 saturated heterocycles. The Bertz CT molecular complexity index is 658. The van der Waals surface area contributed by atoms with Gasteiger partial charge in [0.2, 0.25) is 0 Å². The third-order valence-corrected chi connectivity index (χ3v) is 6.44. The van der Waals surface area contributed by atoms with Gasteiger partial charge in [0.05, 0.1) is 6.10 Å². The Labute approximate surface area is 181 Å². The van der Waals surface area contributed by atoms with E-state index in [0.717, 1.165) is 50.1 Å². The first-order valence-corrected chi connectivity index (χ1v) is 11.8. The van der Waals surface area contributed by atoms with E-state index in [4.69, 9.17) is 9.73 Å². The number of aryl methyl sites for hydroxylation is 1. The number of ether oxygens (including phenoxy) is 1. The lowest BCUT2D eigenvalue weighted by molar-refractivity contribution is 0.113. The monoisotopic (exact) mass is 419 g/mol. The average Bonchev–Trinajstić information content (AvgIpc) is 3.26. The first-order chi connectivity index (χ1) is 14.5. The van der Waals surface area contributed by atoms with Gasteiger partial charge in [-0.25, -0.2) is 4.99 Å². The molecule has 1 aromatic heterocycles. The van der Waals surface area contributed by atoms with E-state index in [-0.39, 0.29) is 6.10 Å². The molecule has 3 heterocycles. The number of hydrogen-bond donors (Lipinski definition) is 2. The lowest BCUT2D eigenvalue weighted by atomic mass is 10.0. The molecule has 170 valence electrons. The molecule has 0 saturated carbocycles. The minimum Gasteiger partial charge on any atom is -0.376 e. The molecular formula is C22H41N7O. The maximum absolute atomic E-state index is 5.78. The topological polar surface area (TPSA) is 79.6 Å². The van der Waals surface area contributed by atoms with Crippen molar-refractivity contribution < 1.29 is 4.74 Å². The summed E-state index contributed by atoms with van der Waals surface area (Å²) in [7, 11) is 1.99. The Morgan fingerprint density at radius 1 is 1.13 bits per heavy atom. The summed E-state index contributed by atoms with van der Waals surface area (Å²) in [6, 6.07) is 0.509. The van der Waals surface area contributed by atoms with E-state index in [1.54, 1.807) is 0 Å². The minimum absolute atomic E-state index is 0.278. The van der Waals surface area contributed by atoms with Crippen molar-refractivity contribution in [3.05, 3.63) is 11.6 Å². The van der Waals surface area contributed by atoms with Crippen molar-refractivity contribution in [3.8, 4) is 0 Å². The van der Waals surface area contributed by atoms with Crippen LogP contribution in [0, 0.1) is 12.8 Å². The van der Waals surface area contributed by atoms with Crippen LogP contribution in [0.25, 0.3) is 0 Å². The zero-order chi connectivity index (χ0) is 21.3. The van der Waals surface area contributed by atoms with Crippen LogP contribution in [0.5, 0.6) is 0 Å². The van der Waals surface area contributed by atoms with Crippen molar-refractivity contribution in [2.45, 2.75) is 78.0 Å².